The number of rotatable bonds is 6. The molecule has 1 saturated carbocycles. The molecular weight excluding hydrogens is 236 g/mol. The molecule has 0 atom stereocenters. The van der Waals surface area contributed by atoms with Crippen molar-refractivity contribution >= 4 is 5.91 Å². The van der Waals surface area contributed by atoms with Crippen LogP contribution >= 0.6 is 0 Å². The van der Waals surface area contributed by atoms with Crippen molar-refractivity contribution < 1.29 is 4.79 Å². The number of aryl methyl sites for hydroxylation is 3. The molecule has 0 saturated heterocycles. The molecule has 1 aromatic rings. The van der Waals surface area contributed by atoms with Gasteiger partial charge in [-0.3, -0.25) is 4.79 Å². The Balaban J connectivity index is 1.78. The highest BCUT2D eigenvalue weighted by Crippen LogP contribution is 2.43. The molecule has 0 aliphatic heterocycles. The third kappa shape index (κ3) is 3.80. The third-order valence-corrected chi connectivity index (χ3v) is 4.18. The quantitative estimate of drug-likeness (QED) is 0.823. The lowest BCUT2D eigenvalue weighted by atomic mass is 10.0. The SMILES string of the molecule is Cc1ccc(C)c(CCC(=O)NCC2(CN)CC2)c1. The maximum atomic E-state index is 11.9. The zero-order valence-electron chi connectivity index (χ0n) is 12.0. The Morgan fingerprint density at radius 1 is 1.37 bits per heavy atom. The lowest BCUT2D eigenvalue weighted by molar-refractivity contribution is -0.121. The fourth-order valence-electron chi connectivity index (χ4n) is 2.32. The van der Waals surface area contributed by atoms with Crippen molar-refractivity contribution in [1.29, 1.82) is 0 Å². The van der Waals surface area contributed by atoms with Gasteiger partial charge in [0.15, 0.2) is 0 Å². The predicted molar refractivity (Wildman–Crippen MR) is 78.0 cm³/mol. The highest BCUT2D eigenvalue weighted by atomic mass is 16.1. The van der Waals surface area contributed by atoms with Crippen LogP contribution in [0.3, 0.4) is 0 Å². The average Bonchev–Trinajstić information content (AvgIpc) is 3.18. The molecule has 19 heavy (non-hydrogen) atoms. The number of carbonyl (C=O) groups is 1. The van der Waals surface area contributed by atoms with E-state index in [0.29, 0.717) is 13.0 Å². The second-order valence-corrected chi connectivity index (χ2v) is 5.91. The molecule has 3 N–H and O–H groups in total. The van der Waals surface area contributed by atoms with Gasteiger partial charge in [-0.1, -0.05) is 23.8 Å². The first kappa shape index (κ1) is 14.1. The van der Waals surface area contributed by atoms with Crippen LogP contribution < -0.4 is 11.1 Å². The molecule has 1 fully saturated rings. The summed E-state index contributed by atoms with van der Waals surface area (Å²) in [5.41, 5.74) is 9.71. The Morgan fingerprint density at radius 2 is 2.11 bits per heavy atom. The predicted octanol–water partition coefficient (Wildman–Crippen LogP) is 2.09. The van der Waals surface area contributed by atoms with Crippen LogP contribution in [-0.2, 0) is 11.2 Å². The summed E-state index contributed by atoms with van der Waals surface area (Å²) in [7, 11) is 0. The molecule has 1 amide bonds. The summed E-state index contributed by atoms with van der Waals surface area (Å²) in [4.78, 5) is 11.9. The molecule has 0 radical (unpaired) electrons. The van der Waals surface area contributed by atoms with Crippen molar-refractivity contribution in [3.63, 3.8) is 0 Å². The van der Waals surface area contributed by atoms with Gasteiger partial charge in [-0.15, -0.1) is 0 Å². The van der Waals surface area contributed by atoms with Crippen LogP contribution in [0.5, 0.6) is 0 Å². The van der Waals surface area contributed by atoms with Gasteiger partial charge in [0.25, 0.3) is 0 Å². The van der Waals surface area contributed by atoms with Crippen LogP contribution in [0.25, 0.3) is 0 Å². The molecule has 3 nitrogen and oxygen atoms in total. The number of nitrogens with one attached hydrogen (secondary N) is 1. The minimum Gasteiger partial charge on any atom is -0.355 e. The van der Waals surface area contributed by atoms with Gasteiger partial charge in [0.05, 0.1) is 0 Å². The minimum absolute atomic E-state index is 0.139. The summed E-state index contributed by atoms with van der Waals surface area (Å²) in [5, 5.41) is 3.02. The normalized spacial score (nSPS) is 16.2. The van der Waals surface area contributed by atoms with Gasteiger partial charge < -0.3 is 11.1 Å². The first-order chi connectivity index (χ1) is 9.04. The number of carbonyl (C=O) groups excluding carboxylic acids is 1. The Morgan fingerprint density at radius 3 is 2.74 bits per heavy atom. The van der Waals surface area contributed by atoms with Crippen LogP contribution in [0.1, 0.15) is 36.0 Å². The lowest BCUT2D eigenvalue weighted by Gasteiger charge is -2.13. The highest BCUT2D eigenvalue weighted by Gasteiger charge is 2.41. The molecule has 1 aromatic carbocycles. The average molecular weight is 260 g/mol. The van der Waals surface area contributed by atoms with E-state index in [1.165, 1.54) is 16.7 Å². The van der Waals surface area contributed by atoms with Crippen LogP contribution in [0.4, 0.5) is 0 Å². The first-order valence-corrected chi connectivity index (χ1v) is 7.08. The van der Waals surface area contributed by atoms with E-state index >= 15 is 0 Å². The Labute approximate surface area is 115 Å². The van der Waals surface area contributed by atoms with Gasteiger partial charge in [0, 0.05) is 13.0 Å². The molecule has 0 heterocycles. The van der Waals surface area contributed by atoms with Gasteiger partial charge in [-0.05, 0) is 56.2 Å². The number of amides is 1. The van der Waals surface area contributed by atoms with E-state index < -0.39 is 0 Å². The zero-order chi connectivity index (χ0) is 13.9. The van der Waals surface area contributed by atoms with E-state index in [-0.39, 0.29) is 11.3 Å². The molecule has 0 spiro atoms. The van der Waals surface area contributed by atoms with Gasteiger partial charge in [-0.2, -0.15) is 0 Å². The number of hydrogen-bond donors (Lipinski definition) is 2. The van der Waals surface area contributed by atoms with Crippen LogP contribution in [0.15, 0.2) is 18.2 Å². The molecule has 2 rings (SSSR count). The van der Waals surface area contributed by atoms with Crippen molar-refractivity contribution in [2.24, 2.45) is 11.1 Å². The second-order valence-electron chi connectivity index (χ2n) is 5.91. The Kier molecular flexibility index (Phi) is 4.25. The summed E-state index contributed by atoms with van der Waals surface area (Å²) in [6.45, 7) is 5.61. The Hall–Kier alpha value is -1.35. The van der Waals surface area contributed by atoms with Crippen LogP contribution in [-0.4, -0.2) is 19.0 Å². The maximum absolute atomic E-state index is 11.9. The van der Waals surface area contributed by atoms with E-state index in [4.69, 9.17) is 5.73 Å². The van der Waals surface area contributed by atoms with Gasteiger partial charge in [0.1, 0.15) is 0 Å². The zero-order valence-corrected chi connectivity index (χ0v) is 12.0. The van der Waals surface area contributed by atoms with Crippen molar-refractivity contribution in [3.05, 3.63) is 34.9 Å². The molecule has 1 aliphatic carbocycles. The number of nitrogens with two attached hydrogens (primary N) is 1. The summed E-state index contributed by atoms with van der Waals surface area (Å²) in [6, 6.07) is 6.40. The molecule has 3 heteroatoms. The summed E-state index contributed by atoms with van der Waals surface area (Å²) >= 11 is 0. The maximum Gasteiger partial charge on any atom is 0.220 e. The fraction of sp³-hybridized carbons (Fsp3) is 0.562. The molecule has 0 unspecified atom stereocenters. The van der Waals surface area contributed by atoms with E-state index in [0.717, 1.165) is 25.8 Å². The molecule has 1 aliphatic rings. The minimum atomic E-state index is 0.139. The van der Waals surface area contributed by atoms with Crippen LogP contribution in [0.2, 0.25) is 0 Å². The number of benzene rings is 1. The van der Waals surface area contributed by atoms with Crippen molar-refractivity contribution in [1.82, 2.24) is 5.32 Å². The van der Waals surface area contributed by atoms with Gasteiger partial charge in [0.2, 0.25) is 5.91 Å². The third-order valence-electron chi connectivity index (χ3n) is 4.18. The van der Waals surface area contributed by atoms with E-state index in [2.05, 4.69) is 37.4 Å². The molecular formula is C16H24N2O. The summed E-state index contributed by atoms with van der Waals surface area (Å²) in [5.74, 6) is 0.139. The lowest BCUT2D eigenvalue weighted by Crippen LogP contribution is -2.34. The smallest absolute Gasteiger partial charge is 0.220 e. The van der Waals surface area contributed by atoms with E-state index in [9.17, 15) is 4.79 Å². The van der Waals surface area contributed by atoms with Crippen molar-refractivity contribution in [3.8, 4) is 0 Å². The summed E-state index contributed by atoms with van der Waals surface area (Å²) in [6.07, 6.45) is 3.68. The molecule has 0 bridgehead atoms. The first-order valence-electron chi connectivity index (χ1n) is 7.08. The Bertz CT molecular complexity index is 464. The standard InChI is InChI=1S/C16H24N2O/c1-12-3-4-13(2)14(9-12)5-6-15(19)18-11-16(10-17)7-8-16/h3-4,9H,5-8,10-11,17H2,1-2H3,(H,18,19). The topological polar surface area (TPSA) is 55.1 Å². The summed E-state index contributed by atoms with van der Waals surface area (Å²) < 4.78 is 0. The van der Waals surface area contributed by atoms with Crippen molar-refractivity contribution in [2.75, 3.05) is 13.1 Å². The van der Waals surface area contributed by atoms with Gasteiger partial charge >= 0.3 is 0 Å². The fourth-order valence-corrected chi connectivity index (χ4v) is 2.32. The molecule has 0 aromatic heterocycles. The monoisotopic (exact) mass is 260 g/mol. The second kappa shape index (κ2) is 5.74. The molecule has 104 valence electrons. The van der Waals surface area contributed by atoms with E-state index in [1.807, 2.05) is 0 Å². The highest BCUT2D eigenvalue weighted by molar-refractivity contribution is 5.76. The number of hydrogen-bond acceptors (Lipinski definition) is 2. The largest absolute Gasteiger partial charge is 0.355 e. The van der Waals surface area contributed by atoms with Crippen LogP contribution in [0, 0.1) is 19.3 Å². The van der Waals surface area contributed by atoms with E-state index in [1.54, 1.807) is 0 Å². The van der Waals surface area contributed by atoms with Crippen molar-refractivity contribution in [2.45, 2.75) is 39.5 Å². The van der Waals surface area contributed by atoms with Gasteiger partial charge in [-0.25, -0.2) is 0 Å².